The van der Waals surface area contributed by atoms with Gasteiger partial charge in [0.2, 0.25) is 0 Å². The molecule has 0 N–H and O–H groups in total. The largest absolute Gasteiger partial charge is 0.393 e. The van der Waals surface area contributed by atoms with Crippen LogP contribution < -0.4 is 0 Å². The molecule has 0 nitrogen and oxygen atoms in total. The van der Waals surface area contributed by atoms with Crippen LogP contribution in [0.25, 0.3) is 0 Å². The van der Waals surface area contributed by atoms with Gasteiger partial charge in [-0.3, -0.25) is 0 Å². The number of alkyl halides is 3. The van der Waals surface area contributed by atoms with Crippen molar-refractivity contribution >= 4 is 11.8 Å². The van der Waals surface area contributed by atoms with E-state index in [0.717, 1.165) is 15.4 Å². The lowest BCUT2D eigenvalue weighted by Crippen LogP contribution is -2.11. The summed E-state index contributed by atoms with van der Waals surface area (Å²) in [6.45, 7) is 7.45. The third kappa shape index (κ3) is 4.31. The number of hydrogen-bond acceptors (Lipinski definition) is 1. The van der Waals surface area contributed by atoms with Gasteiger partial charge in [0, 0.05) is 4.90 Å². The molecule has 0 amide bonds. The summed E-state index contributed by atoms with van der Waals surface area (Å²) in [7, 11) is 0. The Morgan fingerprint density at radius 3 is 2.50 bits per heavy atom. The molecule has 0 aliphatic carbocycles. The molecule has 0 radical (unpaired) electrons. The molecule has 1 aromatic rings. The minimum Gasteiger partial charge on any atom is -0.171 e. The summed E-state index contributed by atoms with van der Waals surface area (Å²) in [6, 6.07) is 4.82. The molecule has 1 rings (SSSR count). The van der Waals surface area contributed by atoms with Crippen molar-refractivity contribution in [3.8, 4) is 0 Å². The van der Waals surface area contributed by atoms with E-state index in [4.69, 9.17) is 0 Å². The molecular weight excluding hydrogens is 233 g/mol. The maximum Gasteiger partial charge on any atom is 0.393 e. The van der Waals surface area contributed by atoms with Crippen LogP contribution in [0.1, 0.15) is 18.1 Å². The first-order valence-corrected chi connectivity index (χ1v) is 5.59. The molecule has 0 fully saturated rings. The highest BCUT2D eigenvalue weighted by atomic mass is 32.2. The molecule has 16 heavy (non-hydrogen) atoms. The van der Waals surface area contributed by atoms with Crippen LogP contribution in [0.15, 0.2) is 34.6 Å². The normalized spacial score (nSPS) is 11.6. The highest BCUT2D eigenvalue weighted by Gasteiger charge is 2.27. The summed E-state index contributed by atoms with van der Waals surface area (Å²) in [5.41, 5.74) is 1.26. The Morgan fingerprint density at radius 2 is 2.00 bits per heavy atom. The Balaban J connectivity index is 2.93. The first-order valence-electron chi connectivity index (χ1n) is 4.77. The fourth-order valence-electron chi connectivity index (χ4n) is 1.28. The van der Waals surface area contributed by atoms with Gasteiger partial charge in [-0.15, -0.1) is 0 Å². The van der Waals surface area contributed by atoms with Gasteiger partial charge >= 0.3 is 6.18 Å². The average molecular weight is 246 g/mol. The summed E-state index contributed by atoms with van der Waals surface area (Å²) in [6.07, 6.45) is -5.03. The summed E-state index contributed by atoms with van der Waals surface area (Å²) in [5, 5.41) is 0. The first kappa shape index (κ1) is 13.2. The van der Waals surface area contributed by atoms with Gasteiger partial charge in [-0.25, -0.2) is 0 Å². The van der Waals surface area contributed by atoms with Gasteiger partial charge in [-0.2, -0.15) is 13.2 Å². The molecule has 0 saturated heterocycles. The van der Waals surface area contributed by atoms with Gasteiger partial charge in [0.25, 0.3) is 0 Å². The van der Waals surface area contributed by atoms with Gasteiger partial charge in [0.1, 0.15) is 0 Å². The quantitative estimate of drug-likeness (QED) is 0.695. The van der Waals surface area contributed by atoms with E-state index in [1.165, 1.54) is 17.8 Å². The maximum atomic E-state index is 12.2. The van der Waals surface area contributed by atoms with Crippen LogP contribution in [0.3, 0.4) is 0 Å². The standard InChI is InChI=1S/C12H13F3S/c1-8(2)16-11-6-10(5-4-9(11)3)7-12(13,14)15/h4-6H,1,7H2,2-3H3. The maximum absolute atomic E-state index is 12.2. The molecule has 0 aliphatic rings. The number of aryl methyl sites for hydroxylation is 1. The Bertz CT molecular complexity index is 394. The van der Waals surface area contributed by atoms with Crippen molar-refractivity contribution in [3.05, 3.63) is 40.8 Å². The predicted molar refractivity (Wildman–Crippen MR) is 61.6 cm³/mol. The summed E-state index contributed by atoms with van der Waals surface area (Å²) < 4.78 is 36.6. The SMILES string of the molecule is C=C(C)Sc1cc(CC(F)(F)F)ccc1C. The van der Waals surface area contributed by atoms with E-state index < -0.39 is 12.6 Å². The summed E-state index contributed by atoms with van der Waals surface area (Å²) >= 11 is 1.40. The van der Waals surface area contributed by atoms with E-state index in [2.05, 4.69) is 6.58 Å². The topological polar surface area (TPSA) is 0 Å². The van der Waals surface area contributed by atoms with Crippen molar-refractivity contribution in [2.24, 2.45) is 0 Å². The van der Waals surface area contributed by atoms with Crippen molar-refractivity contribution < 1.29 is 13.2 Å². The molecule has 1 aromatic carbocycles. The molecule has 0 spiro atoms. The van der Waals surface area contributed by atoms with E-state index in [0.29, 0.717) is 5.56 Å². The van der Waals surface area contributed by atoms with Crippen molar-refractivity contribution in [2.45, 2.75) is 31.3 Å². The number of thioether (sulfide) groups is 1. The lowest BCUT2D eigenvalue weighted by atomic mass is 10.1. The van der Waals surface area contributed by atoms with Crippen LogP contribution in [0.2, 0.25) is 0 Å². The van der Waals surface area contributed by atoms with E-state index in [9.17, 15) is 13.2 Å². The minimum absolute atomic E-state index is 0.293. The lowest BCUT2D eigenvalue weighted by molar-refractivity contribution is -0.127. The fourth-order valence-corrected chi connectivity index (χ4v) is 2.10. The zero-order chi connectivity index (χ0) is 12.3. The number of rotatable bonds is 3. The van der Waals surface area contributed by atoms with Crippen LogP contribution >= 0.6 is 11.8 Å². The summed E-state index contributed by atoms with van der Waals surface area (Å²) in [4.78, 5) is 1.71. The second-order valence-electron chi connectivity index (χ2n) is 3.70. The molecule has 88 valence electrons. The summed E-state index contributed by atoms with van der Waals surface area (Å²) in [5.74, 6) is 0. The van der Waals surface area contributed by atoms with Gasteiger partial charge in [-0.05, 0) is 35.9 Å². The third-order valence-corrected chi connectivity index (χ3v) is 2.95. The molecule has 0 atom stereocenters. The molecule has 0 heterocycles. The van der Waals surface area contributed by atoms with Crippen LogP contribution in [-0.2, 0) is 6.42 Å². The average Bonchev–Trinajstić information content (AvgIpc) is 2.07. The Labute approximate surface area is 97.6 Å². The predicted octanol–water partition coefficient (Wildman–Crippen LogP) is 4.73. The number of allylic oxidation sites excluding steroid dienone is 1. The molecule has 0 aliphatic heterocycles. The van der Waals surface area contributed by atoms with E-state index in [1.54, 1.807) is 12.1 Å². The second-order valence-corrected chi connectivity index (χ2v) is 5.04. The van der Waals surface area contributed by atoms with Crippen LogP contribution in [0, 0.1) is 6.92 Å². The number of hydrogen-bond donors (Lipinski definition) is 0. The fraction of sp³-hybridized carbons (Fsp3) is 0.333. The van der Waals surface area contributed by atoms with Gasteiger partial charge in [0.15, 0.2) is 0 Å². The van der Waals surface area contributed by atoms with E-state index in [1.807, 2.05) is 13.8 Å². The van der Waals surface area contributed by atoms with Crippen molar-refractivity contribution in [1.29, 1.82) is 0 Å². The van der Waals surface area contributed by atoms with Gasteiger partial charge < -0.3 is 0 Å². The molecule has 0 aromatic heterocycles. The monoisotopic (exact) mass is 246 g/mol. The smallest absolute Gasteiger partial charge is 0.171 e. The molecule has 4 heteroatoms. The highest BCUT2D eigenvalue weighted by Crippen LogP contribution is 2.30. The molecule has 0 bridgehead atoms. The number of benzene rings is 1. The second kappa shape index (κ2) is 4.95. The Kier molecular flexibility index (Phi) is 4.08. The van der Waals surface area contributed by atoms with Crippen LogP contribution in [0.5, 0.6) is 0 Å². The van der Waals surface area contributed by atoms with Gasteiger partial charge in [-0.1, -0.05) is 30.5 Å². The van der Waals surface area contributed by atoms with Crippen molar-refractivity contribution in [3.63, 3.8) is 0 Å². The molecule has 0 saturated carbocycles. The lowest BCUT2D eigenvalue weighted by Gasteiger charge is -2.10. The van der Waals surface area contributed by atoms with Gasteiger partial charge in [0.05, 0.1) is 6.42 Å². The van der Waals surface area contributed by atoms with Crippen LogP contribution in [0.4, 0.5) is 13.2 Å². The first-order chi connectivity index (χ1) is 7.28. The van der Waals surface area contributed by atoms with Crippen molar-refractivity contribution in [1.82, 2.24) is 0 Å². The molecular formula is C12H13F3S. The Morgan fingerprint density at radius 1 is 1.38 bits per heavy atom. The third-order valence-electron chi connectivity index (χ3n) is 1.94. The van der Waals surface area contributed by atoms with Crippen LogP contribution in [-0.4, -0.2) is 6.18 Å². The van der Waals surface area contributed by atoms with E-state index in [-0.39, 0.29) is 0 Å². The van der Waals surface area contributed by atoms with Crippen molar-refractivity contribution in [2.75, 3.05) is 0 Å². The zero-order valence-corrected chi connectivity index (χ0v) is 10.0. The molecule has 0 unspecified atom stereocenters. The van der Waals surface area contributed by atoms with E-state index >= 15 is 0 Å². The minimum atomic E-state index is -4.15. The highest BCUT2D eigenvalue weighted by molar-refractivity contribution is 8.03. The Hall–Kier alpha value is -0.900. The number of halogens is 3. The zero-order valence-electron chi connectivity index (χ0n) is 9.19.